The van der Waals surface area contributed by atoms with Crippen LogP contribution in [0.5, 0.6) is 11.5 Å². The molecule has 2 aromatic carbocycles. The Morgan fingerprint density at radius 3 is 1.93 bits per heavy atom. The lowest BCUT2D eigenvalue weighted by Crippen LogP contribution is -2.50. The van der Waals surface area contributed by atoms with Gasteiger partial charge in [0.1, 0.15) is 17.1 Å². The highest BCUT2D eigenvalue weighted by molar-refractivity contribution is 6.78. The minimum absolute atomic E-state index is 0.120. The average Bonchev–Trinajstić information content (AvgIpc) is 3.19. The maximum absolute atomic E-state index is 13.8. The van der Waals surface area contributed by atoms with E-state index in [4.69, 9.17) is 25.5 Å². The Balaban J connectivity index is 1.79. The summed E-state index contributed by atoms with van der Waals surface area (Å²) in [4.78, 5) is 28.4. The van der Waals surface area contributed by atoms with E-state index in [1.807, 2.05) is 52.0 Å². The van der Waals surface area contributed by atoms with Crippen LogP contribution >= 0.6 is 11.6 Å². The van der Waals surface area contributed by atoms with Crippen molar-refractivity contribution in [1.29, 1.82) is 0 Å². The van der Waals surface area contributed by atoms with Gasteiger partial charge in [0.05, 0.1) is 13.0 Å². The molecule has 4 rings (SSSR count). The molecule has 2 aromatic rings. The second-order valence-corrected chi connectivity index (χ2v) is 20.1. The van der Waals surface area contributed by atoms with E-state index >= 15 is 0 Å². The van der Waals surface area contributed by atoms with Gasteiger partial charge in [0.2, 0.25) is 5.91 Å². The van der Waals surface area contributed by atoms with Crippen molar-refractivity contribution in [2.45, 2.75) is 109 Å². The van der Waals surface area contributed by atoms with Gasteiger partial charge < -0.3 is 13.9 Å². The molecule has 2 amide bonds. The van der Waals surface area contributed by atoms with E-state index in [-0.39, 0.29) is 29.7 Å². The van der Waals surface area contributed by atoms with Gasteiger partial charge in [0.15, 0.2) is 0 Å². The maximum atomic E-state index is 13.8. The van der Waals surface area contributed by atoms with E-state index < -0.39 is 25.9 Å². The SMILES string of the molecule is COc1ccc([C@@H]2C=C[C@H]3C(=O)N(C(=O)OC(C)(C)C)[C@H](C)[C@H]3[C@H]2c2ccc(O[Si](C(C)C)(C(C)C)C(C)C)cc2)c(Cl)c1. The smallest absolute Gasteiger partial charge is 0.417 e. The molecule has 6 nitrogen and oxygen atoms in total. The van der Waals surface area contributed by atoms with Crippen molar-refractivity contribution in [3.63, 3.8) is 0 Å². The number of likely N-dealkylation sites (tertiary alicyclic amines) is 1. The first-order valence-corrected chi connectivity index (χ1v) is 18.4. The summed E-state index contributed by atoms with van der Waals surface area (Å²) in [5.41, 5.74) is 2.68. The topological polar surface area (TPSA) is 65.1 Å². The fraction of sp³-hybridized carbons (Fsp3) is 0.556. The molecule has 0 spiro atoms. The van der Waals surface area contributed by atoms with Crippen LogP contribution < -0.4 is 9.16 Å². The van der Waals surface area contributed by atoms with Crippen molar-refractivity contribution in [1.82, 2.24) is 4.90 Å². The van der Waals surface area contributed by atoms with Crippen LogP contribution in [0.1, 0.15) is 92.2 Å². The average molecular weight is 640 g/mol. The van der Waals surface area contributed by atoms with Gasteiger partial charge in [-0.3, -0.25) is 4.79 Å². The van der Waals surface area contributed by atoms with E-state index in [1.54, 1.807) is 7.11 Å². The summed E-state index contributed by atoms with van der Waals surface area (Å²) >= 11 is 6.86. The minimum atomic E-state index is -2.13. The summed E-state index contributed by atoms with van der Waals surface area (Å²) in [5, 5.41) is 0.602. The van der Waals surface area contributed by atoms with Crippen LogP contribution in [0.2, 0.25) is 21.6 Å². The Bertz CT molecular complexity index is 1360. The molecule has 8 heteroatoms. The van der Waals surface area contributed by atoms with E-state index in [2.05, 4.69) is 71.9 Å². The molecule has 1 saturated heterocycles. The van der Waals surface area contributed by atoms with E-state index in [9.17, 15) is 9.59 Å². The largest absolute Gasteiger partial charge is 0.543 e. The molecule has 1 fully saturated rings. The Morgan fingerprint density at radius 2 is 1.43 bits per heavy atom. The lowest BCUT2D eigenvalue weighted by molar-refractivity contribution is -0.130. The third kappa shape index (κ3) is 6.32. The van der Waals surface area contributed by atoms with Gasteiger partial charge in [-0.2, -0.15) is 0 Å². The molecule has 0 saturated carbocycles. The first-order chi connectivity index (χ1) is 20.5. The van der Waals surface area contributed by atoms with Gasteiger partial charge in [0, 0.05) is 28.8 Å². The second kappa shape index (κ2) is 12.9. The van der Waals surface area contributed by atoms with Crippen LogP contribution in [0.4, 0.5) is 4.79 Å². The number of carbonyl (C=O) groups is 2. The fourth-order valence-electron chi connectivity index (χ4n) is 7.85. The molecule has 0 bridgehead atoms. The number of hydrogen-bond acceptors (Lipinski definition) is 5. The summed E-state index contributed by atoms with van der Waals surface area (Å²) in [7, 11) is -0.514. The number of carbonyl (C=O) groups excluding carboxylic acids is 2. The monoisotopic (exact) mass is 639 g/mol. The van der Waals surface area contributed by atoms with E-state index in [1.165, 1.54) is 4.90 Å². The van der Waals surface area contributed by atoms with Crippen LogP contribution in [0.15, 0.2) is 54.6 Å². The lowest BCUT2D eigenvalue weighted by Gasteiger charge is -2.42. The number of imide groups is 1. The molecule has 5 atom stereocenters. The van der Waals surface area contributed by atoms with Crippen molar-refractivity contribution < 1.29 is 23.5 Å². The van der Waals surface area contributed by atoms with Crippen molar-refractivity contribution >= 4 is 31.9 Å². The highest BCUT2D eigenvalue weighted by atomic mass is 35.5. The molecule has 1 aliphatic heterocycles. The number of nitrogens with zero attached hydrogens (tertiary/aromatic N) is 1. The number of rotatable bonds is 8. The molecule has 1 heterocycles. The molecule has 240 valence electrons. The minimum Gasteiger partial charge on any atom is -0.543 e. The second-order valence-electron chi connectivity index (χ2n) is 14.3. The van der Waals surface area contributed by atoms with Crippen LogP contribution in [0.25, 0.3) is 0 Å². The summed E-state index contributed by atoms with van der Waals surface area (Å²) in [6, 6.07) is 13.8. The van der Waals surface area contributed by atoms with Gasteiger partial charge in [0.25, 0.3) is 8.32 Å². The lowest BCUT2D eigenvalue weighted by atomic mass is 9.65. The van der Waals surface area contributed by atoms with Crippen LogP contribution in [-0.2, 0) is 9.53 Å². The number of methoxy groups -OCH3 is 1. The highest BCUT2D eigenvalue weighted by Crippen LogP contribution is 2.53. The number of amides is 2. The molecule has 0 radical (unpaired) electrons. The fourth-order valence-corrected chi connectivity index (χ4v) is 13.4. The quantitative estimate of drug-likeness (QED) is 0.212. The Kier molecular flexibility index (Phi) is 10.0. The molecule has 0 N–H and O–H groups in total. The van der Waals surface area contributed by atoms with Gasteiger partial charge in [-0.1, -0.05) is 83.5 Å². The van der Waals surface area contributed by atoms with Gasteiger partial charge >= 0.3 is 6.09 Å². The zero-order valence-electron chi connectivity index (χ0n) is 28.2. The van der Waals surface area contributed by atoms with Crippen molar-refractivity contribution in [3.05, 3.63) is 70.8 Å². The Morgan fingerprint density at radius 1 is 0.886 bits per heavy atom. The first-order valence-electron chi connectivity index (χ1n) is 15.9. The number of fused-ring (bicyclic) bond motifs is 1. The number of ether oxygens (including phenoxy) is 2. The molecule has 1 aliphatic carbocycles. The molecular weight excluding hydrogens is 590 g/mol. The number of allylic oxidation sites excluding steroid dienone is 1. The summed E-state index contributed by atoms with van der Waals surface area (Å²) in [5.74, 6) is 0.468. The predicted octanol–water partition coefficient (Wildman–Crippen LogP) is 9.74. The highest BCUT2D eigenvalue weighted by Gasteiger charge is 2.55. The van der Waals surface area contributed by atoms with Gasteiger partial charge in [-0.05, 0) is 79.7 Å². The zero-order valence-corrected chi connectivity index (χ0v) is 29.9. The van der Waals surface area contributed by atoms with Gasteiger partial charge in [-0.25, -0.2) is 9.69 Å². The third-order valence-electron chi connectivity index (χ3n) is 9.65. The normalized spacial score (nSPS) is 23.8. The number of hydrogen-bond donors (Lipinski definition) is 0. The Hall–Kier alpha value is -2.77. The summed E-state index contributed by atoms with van der Waals surface area (Å²) in [6.07, 6.45) is 3.44. The van der Waals surface area contributed by atoms with Gasteiger partial charge in [-0.15, -0.1) is 0 Å². The van der Waals surface area contributed by atoms with Crippen molar-refractivity contribution in [3.8, 4) is 11.5 Å². The zero-order chi connectivity index (χ0) is 32.7. The molecule has 0 unspecified atom stereocenters. The molecule has 0 aromatic heterocycles. The molecule has 2 aliphatic rings. The number of halogens is 1. The molecule has 44 heavy (non-hydrogen) atoms. The third-order valence-corrected chi connectivity index (χ3v) is 16.0. The summed E-state index contributed by atoms with van der Waals surface area (Å²) < 4.78 is 18.1. The number of benzene rings is 2. The van der Waals surface area contributed by atoms with Crippen LogP contribution in [0.3, 0.4) is 0 Å². The van der Waals surface area contributed by atoms with E-state index in [0.717, 1.165) is 16.9 Å². The van der Waals surface area contributed by atoms with Crippen LogP contribution in [-0.4, -0.2) is 44.0 Å². The Labute approximate surface area is 270 Å². The summed E-state index contributed by atoms with van der Waals surface area (Å²) in [6.45, 7) is 21.1. The van der Waals surface area contributed by atoms with E-state index in [0.29, 0.717) is 27.4 Å². The van der Waals surface area contributed by atoms with Crippen molar-refractivity contribution in [2.75, 3.05) is 7.11 Å². The molecular formula is C36H50ClNO5Si. The standard InChI is InChI=1S/C36H50ClNO5Si/c1-21(2)44(22(3)4,23(5)6)43-26-14-12-25(13-15-26)33-29(28-17-16-27(41-11)20-31(28)37)18-19-30-32(33)24(7)38(34(30)39)35(40)42-36(8,9)10/h12-24,29-30,32-33H,1-11H3/t24-,29+,30-,32-,33+/m1/s1. The predicted molar refractivity (Wildman–Crippen MR) is 180 cm³/mol. The van der Waals surface area contributed by atoms with Crippen LogP contribution in [0, 0.1) is 11.8 Å². The van der Waals surface area contributed by atoms with Crippen molar-refractivity contribution in [2.24, 2.45) is 11.8 Å². The maximum Gasteiger partial charge on any atom is 0.417 e. The first kappa shape index (κ1) is 34.1.